The number of nitrogens with zero attached hydrogens (tertiary/aromatic N) is 1. The summed E-state index contributed by atoms with van der Waals surface area (Å²) in [7, 11) is 0. The molecule has 0 aliphatic carbocycles. The molecule has 0 saturated carbocycles. The molecule has 3 rings (SSSR count). The first-order chi connectivity index (χ1) is 14.0. The average Bonchev–Trinajstić information content (AvgIpc) is 2.71. The third-order valence-corrected chi connectivity index (χ3v) is 4.59. The van der Waals surface area contributed by atoms with Gasteiger partial charge in [-0.25, -0.2) is 0 Å². The van der Waals surface area contributed by atoms with Crippen molar-refractivity contribution in [3.05, 3.63) is 94.8 Å². The van der Waals surface area contributed by atoms with Crippen LogP contribution in [0.15, 0.2) is 66.9 Å². The van der Waals surface area contributed by atoms with Gasteiger partial charge >= 0.3 is 0 Å². The fourth-order valence-corrected chi connectivity index (χ4v) is 2.91. The summed E-state index contributed by atoms with van der Waals surface area (Å²) < 4.78 is 0. The minimum atomic E-state index is -0.117. The third-order valence-electron chi connectivity index (χ3n) is 4.59. The number of carbonyl (C=O) groups excluding carboxylic acids is 2. The van der Waals surface area contributed by atoms with Crippen molar-refractivity contribution in [3.8, 4) is 0 Å². The van der Waals surface area contributed by atoms with E-state index >= 15 is 0 Å². The Hall–Kier alpha value is -3.47. The molecule has 0 atom stereocenters. The maximum Gasteiger partial charge on any atom is 0.228 e. The standard InChI is InChI=1S/C24H25N3O2/c1-17-5-9-19(10-6-17)14-23(28)26-16-22-21(4-3-13-25-22)27-24(29)15-20-11-7-18(2)8-12-20/h3-13H,14-16H2,1-2H3,(H,26,28)(H,27,29). The maximum atomic E-state index is 12.4. The first-order valence-electron chi connectivity index (χ1n) is 9.61. The monoisotopic (exact) mass is 387 g/mol. The molecule has 0 fully saturated rings. The molecule has 0 spiro atoms. The van der Waals surface area contributed by atoms with Crippen LogP contribution in [0.5, 0.6) is 0 Å². The number of hydrogen-bond donors (Lipinski definition) is 2. The lowest BCUT2D eigenvalue weighted by Gasteiger charge is -2.11. The Balaban J connectivity index is 1.56. The van der Waals surface area contributed by atoms with Gasteiger partial charge in [0.05, 0.1) is 30.8 Å². The Morgan fingerprint density at radius 3 is 1.93 bits per heavy atom. The summed E-state index contributed by atoms with van der Waals surface area (Å²) in [5.41, 5.74) is 5.46. The number of amides is 2. The number of hydrogen-bond acceptors (Lipinski definition) is 3. The molecule has 0 radical (unpaired) electrons. The average molecular weight is 387 g/mol. The van der Waals surface area contributed by atoms with Gasteiger partial charge in [0.1, 0.15) is 0 Å². The van der Waals surface area contributed by atoms with E-state index in [1.54, 1.807) is 18.3 Å². The molecular weight excluding hydrogens is 362 g/mol. The lowest BCUT2D eigenvalue weighted by Crippen LogP contribution is -2.26. The maximum absolute atomic E-state index is 12.4. The molecule has 0 saturated heterocycles. The lowest BCUT2D eigenvalue weighted by molar-refractivity contribution is -0.120. The highest BCUT2D eigenvalue weighted by Crippen LogP contribution is 2.13. The van der Waals surface area contributed by atoms with Crippen molar-refractivity contribution in [2.24, 2.45) is 0 Å². The van der Waals surface area contributed by atoms with Crippen LogP contribution in [0.4, 0.5) is 5.69 Å². The molecule has 2 aromatic carbocycles. The van der Waals surface area contributed by atoms with Crippen LogP contribution >= 0.6 is 0 Å². The van der Waals surface area contributed by atoms with Crippen molar-refractivity contribution >= 4 is 17.5 Å². The second kappa shape index (κ2) is 9.64. The Labute approximate surface area is 171 Å². The van der Waals surface area contributed by atoms with E-state index in [-0.39, 0.29) is 24.8 Å². The summed E-state index contributed by atoms with van der Waals surface area (Å²) in [6.07, 6.45) is 2.24. The van der Waals surface area contributed by atoms with Crippen molar-refractivity contribution < 1.29 is 9.59 Å². The summed E-state index contributed by atoms with van der Waals surface area (Å²) in [5, 5.41) is 5.78. The summed E-state index contributed by atoms with van der Waals surface area (Å²) in [5.74, 6) is -0.203. The second-order valence-electron chi connectivity index (χ2n) is 7.15. The predicted octanol–water partition coefficient (Wildman–Crippen LogP) is 3.74. The summed E-state index contributed by atoms with van der Waals surface area (Å²) in [6.45, 7) is 4.28. The molecule has 2 amide bonds. The largest absolute Gasteiger partial charge is 0.350 e. The molecule has 5 heteroatoms. The van der Waals surface area contributed by atoms with E-state index in [0.29, 0.717) is 17.8 Å². The zero-order chi connectivity index (χ0) is 20.6. The van der Waals surface area contributed by atoms with Gasteiger partial charge < -0.3 is 10.6 Å². The number of aryl methyl sites for hydroxylation is 2. The van der Waals surface area contributed by atoms with Crippen molar-refractivity contribution in [2.45, 2.75) is 33.2 Å². The zero-order valence-corrected chi connectivity index (χ0v) is 16.7. The fraction of sp³-hybridized carbons (Fsp3) is 0.208. The van der Waals surface area contributed by atoms with E-state index in [4.69, 9.17) is 0 Å². The van der Waals surface area contributed by atoms with Crippen molar-refractivity contribution in [3.63, 3.8) is 0 Å². The number of benzene rings is 2. The van der Waals surface area contributed by atoms with Crippen LogP contribution in [-0.4, -0.2) is 16.8 Å². The van der Waals surface area contributed by atoms with Crippen molar-refractivity contribution in [1.82, 2.24) is 10.3 Å². The van der Waals surface area contributed by atoms with Crippen LogP contribution in [0.3, 0.4) is 0 Å². The minimum Gasteiger partial charge on any atom is -0.350 e. The van der Waals surface area contributed by atoms with Crippen LogP contribution in [-0.2, 0) is 29.0 Å². The molecule has 0 bridgehead atoms. The first kappa shape index (κ1) is 20.3. The lowest BCUT2D eigenvalue weighted by atomic mass is 10.1. The van der Waals surface area contributed by atoms with Crippen LogP contribution in [0.1, 0.15) is 27.9 Å². The van der Waals surface area contributed by atoms with Gasteiger partial charge in [-0.1, -0.05) is 59.7 Å². The number of carbonyl (C=O) groups is 2. The van der Waals surface area contributed by atoms with Crippen molar-refractivity contribution in [2.75, 3.05) is 5.32 Å². The molecule has 2 N–H and O–H groups in total. The quantitative estimate of drug-likeness (QED) is 0.649. The summed E-state index contributed by atoms with van der Waals surface area (Å²) >= 11 is 0. The Morgan fingerprint density at radius 2 is 1.34 bits per heavy atom. The smallest absolute Gasteiger partial charge is 0.228 e. The van der Waals surface area contributed by atoms with Crippen molar-refractivity contribution in [1.29, 1.82) is 0 Å². The number of anilines is 1. The van der Waals surface area contributed by atoms with Gasteiger partial charge in [-0.3, -0.25) is 14.6 Å². The van der Waals surface area contributed by atoms with E-state index in [9.17, 15) is 9.59 Å². The molecule has 29 heavy (non-hydrogen) atoms. The molecule has 0 unspecified atom stereocenters. The van der Waals surface area contributed by atoms with E-state index in [0.717, 1.165) is 22.3 Å². The van der Waals surface area contributed by atoms with Crippen LogP contribution in [0.2, 0.25) is 0 Å². The Bertz CT molecular complexity index is 980. The number of rotatable bonds is 7. The number of aromatic nitrogens is 1. The minimum absolute atomic E-state index is 0.0866. The SMILES string of the molecule is Cc1ccc(CC(=O)NCc2ncccc2NC(=O)Cc2ccc(C)cc2)cc1. The second-order valence-corrected chi connectivity index (χ2v) is 7.15. The van der Waals surface area contributed by atoms with Gasteiger partial charge in [0, 0.05) is 6.20 Å². The summed E-state index contributed by atoms with van der Waals surface area (Å²) in [4.78, 5) is 29.0. The molecular formula is C24H25N3O2. The first-order valence-corrected chi connectivity index (χ1v) is 9.61. The van der Waals surface area contributed by atoms with E-state index in [1.807, 2.05) is 62.4 Å². The normalized spacial score (nSPS) is 10.4. The molecule has 1 heterocycles. The molecule has 1 aromatic heterocycles. The number of nitrogens with one attached hydrogen (secondary N) is 2. The Morgan fingerprint density at radius 1 is 0.793 bits per heavy atom. The van der Waals surface area contributed by atoms with E-state index < -0.39 is 0 Å². The van der Waals surface area contributed by atoms with Gasteiger partial charge in [-0.05, 0) is 37.1 Å². The van der Waals surface area contributed by atoms with Gasteiger partial charge in [-0.15, -0.1) is 0 Å². The highest BCUT2D eigenvalue weighted by atomic mass is 16.2. The zero-order valence-electron chi connectivity index (χ0n) is 16.7. The Kier molecular flexibility index (Phi) is 6.74. The highest BCUT2D eigenvalue weighted by Gasteiger charge is 2.10. The van der Waals surface area contributed by atoms with E-state index in [1.165, 1.54) is 0 Å². The molecule has 0 aliphatic heterocycles. The summed E-state index contributed by atoms with van der Waals surface area (Å²) in [6, 6.07) is 19.3. The fourth-order valence-electron chi connectivity index (χ4n) is 2.91. The van der Waals surface area contributed by atoms with Crippen LogP contribution in [0, 0.1) is 13.8 Å². The molecule has 3 aromatic rings. The predicted molar refractivity (Wildman–Crippen MR) is 114 cm³/mol. The molecule has 0 aliphatic rings. The molecule has 5 nitrogen and oxygen atoms in total. The van der Waals surface area contributed by atoms with Gasteiger partial charge in [0.2, 0.25) is 11.8 Å². The van der Waals surface area contributed by atoms with Crippen LogP contribution in [0.25, 0.3) is 0 Å². The van der Waals surface area contributed by atoms with E-state index in [2.05, 4.69) is 15.6 Å². The van der Waals surface area contributed by atoms with Crippen LogP contribution < -0.4 is 10.6 Å². The third kappa shape index (κ3) is 6.28. The van der Waals surface area contributed by atoms with Gasteiger partial charge in [-0.2, -0.15) is 0 Å². The van der Waals surface area contributed by atoms with Gasteiger partial charge in [0.25, 0.3) is 0 Å². The highest BCUT2D eigenvalue weighted by molar-refractivity contribution is 5.92. The van der Waals surface area contributed by atoms with Gasteiger partial charge in [0.15, 0.2) is 0 Å². The molecule has 148 valence electrons. The number of pyridine rings is 1. The topological polar surface area (TPSA) is 71.1 Å².